The molecule has 0 saturated carbocycles. The molecule has 27 heavy (non-hydrogen) atoms. The maximum absolute atomic E-state index is 11.1. The standard InChI is InChI=1S/C21H27N5O/c1-15-23-20(22-13-12-17-6-4-3-5-7-17)14-21(24-15)26-19-10-8-18(9-11-19)25-16(2)27/h6,8-11,14H,3-5,7,12-13H2,1-2H3,(H,25,27)(H2,22,23,24,26). The number of nitrogens with zero attached hydrogens (tertiary/aromatic N) is 2. The third-order valence-electron chi connectivity index (χ3n) is 4.45. The molecule has 0 unspecified atom stereocenters. The Bertz CT molecular complexity index is 814. The van der Waals surface area contributed by atoms with Crippen molar-refractivity contribution in [1.82, 2.24) is 9.97 Å². The van der Waals surface area contributed by atoms with Gasteiger partial charge in [-0.25, -0.2) is 9.97 Å². The lowest BCUT2D eigenvalue weighted by Crippen LogP contribution is -2.08. The number of carbonyl (C=O) groups is 1. The number of aromatic nitrogens is 2. The molecular formula is C21H27N5O. The van der Waals surface area contributed by atoms with Crippen molar-refractivity contribution in [3.8, 4) is 0 Å². The van der Waals surface area contributed by atoms with Gasteiger partial charge in [-0.05, 0) is 63.3 Å². The molecule has 6 heteroatoms. The fourth-order valence-corrected chi connectivity index (χ4v) is 3.19. The molecule has 0 atom stereocenters. The molecule has 0 spiro atoms. The summed E-state index contributed by atoms with van der Waals surface area (Å²) in [7, 11) is 0. The van der Waals surface area contributed by atoms with Crippen molar-refractivity contribution in [2.75, 3.05) is 22.5 Å². The zero-order valence-corrected chi connectivity index (χ0v) is 16.0. The molecule has 0 bridgehead atoms. The van der Waals surface area contributed by atoms with Crippen LogP contribution >= 0.6 is 0 Å². The largest absolute Gasteiger partial charge is 0.370 e. The van der Waals surface area contributed by atoms with E-state index in [0.29, 0.717) is 5.82 Å². The van der Waals surface area contributed by atoms with Gasteiger partial charge in [-0.3, -0.25) is 4.79 Å². The van der Waals surface area contributed by atoms with E-state index in [-0.39, 0.29) is 5.91 Å². The molecule has 142 valence electrons. The number of carbonyl (C=O) groups excluding carboxylic acids is 1. The average Bonchev–Trinajstić information content (AvgIpc) is 2.63. The van der Waals surface area contributed by atoms with E-state index < -0.39 is 0 Å². The Morgan fingerprint density at radius 2 is 1.81 bits per heavy atom. The summed E-state index contributed by atoms with van der Waals surface area (Å²) in [6.45, 7) is 4.27. The van der Waals surface area contributed by atoms with Crippen molar-refractivity contribution in [2.45, 2.75) is 46.0 Å². The van der Waals surface area contributed by atoms with Gasteiger partial charge in [-0.15, -0.1) is 0 Å². The zero-order valence-electron chi connectivity index (χ0n) is 16.0. The predicted molar refractivity (Wildman–Crippen MR) is 110 cm³/mol. The molecule has 0 radical (unpaired) electrons. The Hall–Kier alpha value is -2.89. The number of allylic oxidation sites excluding steroid dienone is 1. The summed E-state index contributed by atoms with van der Waals surface area (Å²) in [5.41, 5.74) is 3.23. The van der Waals surface area contributed by atoms with E-state index in [1.165, 1.54) is 32.6 Å². The zero-order chi connectivity index (χ0) is 19.1. The van der Waals surface area contributed by atoms with Crippen LogP contribution in [0.4, 0.5) is 23.0 Å². The second-order valence-electron chi connectivity index (χ2n) is 6.85. The lowest BCUT2D eigenvalue weighted by atomic mass is 9.97. The SMILES string of the molecule is CC(=O)Nc1ccc(Nc2cc(NCCC3=CCCCC3)nc(C)n2)cc1. The quantitative estimate of drug-likeness (QED) is 0.615. The van der Waals surface area contributed by atoms with Crippen LogP contribution in [0.25, 0.3) is 0 Å². The van der Waals surface area contributed by atoms with Crippen LogP contribution in [0.3, 0.4) is 0 Å². The van der Waals surface area contributed by atoms with Gasteiger partial charge in [0.2, 0.25) is 5.91 Å². The van der Waals surface area contributed by atoms with Crippen LogP contribution in [0.2, 0.25) is 0 Å². The molecule has 0 fully saturated rings. The van der Waals surface area contributed by atoms with Crippen LogP contribution in [-0.2, 0) is 4.79 Å². The molecule has 1 aromatic heterocycles. The summed E-state index contributed by atoms with van der Waals surface area (Å²) >= 11 is 0. The van der Waals surface area contributed by atoms with Gasteiger partial charge in [0, 0.05) is 30.9 Å². The maximum atomic E-state index is 11.1. The topological polar surface area (TPSA) is 78.9 Å². The molecule has 1 aliphatic rings. The summed E-state index contributed by atoms with van der Waals surface area (Å²) in [5, 5.41) is 9.46. The first-order valence-corrected chi connectivity index (χ1v) is 9.50. The first kappa shape index (κ1) is 18.9. The van der Waals surface area contributed by atoms with Crippen molar-refractivity contribution >= 4 is 28.9 Å². The van der Waals surface area contributed by atoms with E-state index in [0.717, 1.165) is 36.0 Å². The van der Waals surface area contributed by atoms with E-state index in [4.69, 9.17) is 0 Å². The second kappa shape index (κ2) is 9.16. The lowest BCUT2D eigenvalue weighted by Gasteiger charge is -2.14. The fraction of sp³-hybridized carbons (Fsp3) is 0.381. The molecule has 3 rings (SSSR count). The van der Waals surface area contributed by atoms with Gasteiger partial charge in [-0.2, -0.15) is 0 Å². The monoisotopic (exact) mass is 365 g/mol. The minimum Gasteiger partial charge on any atom is -0.370 e. The molecular weight excluding hydrogens is 338 g/mol. The van der Waals surface area contributed by atoms with Crippen molar-refractivity contribution < 1.29 is 4.79 Å². The van der Waals surface area contributed by atoms with Crippen LogP contribution in [0.15, 0.2) is 42.0 Å². The smallest absolute Gasteiger partial charge is 0.221 e. The molecule has 6 nitrogen and oxygen atoms in total. The molecule has 0 aliphatic heterocycles. The van der Waals surface area contributed by atoms with Crippen molar-refractivity contribution in [2.24, 2.45) is 0 Å². The third kappa shape index (κ3) is 6.09. The summed E-state index contributed by atoms with van der Waals surface area (Å²) < 4.78 is 0. The van der Waals surface area contributed by atoms with Gasteiger partial charge in [0.15, 0.2) is 0 Å². The van der Waals surface area contributed by atoms with E-state index in [9.17, 15) is 4.79 Å². The van der Waals surface area contributed by atoms with Gasteiger partial charge in [-0.1, -0.05) is 11.6 Å². The Morgan fingerprint density at radius 3 is 2.52 bits per heavy atom. The number of aryl methyl sites for hydroxylation is 1. The van der Waals surface area contributed by atoms with Crippen molar-refractivity contribution in [1.29, 1.82) is 0 Å². The van der Waals surface area contributed by atoms with E-state index >= 15 is 0 Å². The van der Waals surface area contributed by atoms with Crippen LogP contribution in [0.5, 0.6) is 0 Å². The van der Waals surface area contributed by atoms with Gasteiger partial charge >= 0.3 is 0 Å². The molecule has 1 amide bonds. The highest BCUT2D eigenvalue weighted by Gasteiger charge is 2.06. The van der Waals surface area contributed by atoms with Gasteiger partial charge in [0.1, 0.15) is 17.5 Å². The second-order valence-corrected chi connectivity index (χ2v) is 6.85. The van der Waals surface area contributed by atoms with E-state index in [2.05, 4.69) is 32.0 Å². The number of benzene rings is 1. The van der Waals surface area contributed by atoms with Crippen molar-refractivity contribution in [3.63, 3.8) is 0 Å². The summed E-state index contributed by atoms with van der Waals surface area (Å²) in [5.74, 6) is 2.21. The number of amides is 1. The Morgan fingerprint density at radius 1 is 1.07 bits per heavy atom. The van der Waals surface area contributed by atoms with Crippen LogP contribution in [-0.4, -0.2) is 22.4 Å². The summed E-state index contributed by atoms with van der Waals surface area (Å²) in [4.78, 5) is 20.0. The van der Waals surface area contributed by atoms with Crippen molar-refractivity contribution in [3.05, 3.63) is 47.8 Å². The normalized spacial score (nSPS) is 13.6. The van der Waals surface area contributed by atoms with E-state index in [1.54, 1.807) is 5.57 Å². The highest BCUT2D eigenvalue weighted by atomic mass is 16.1. The molecule has 2 aromatic rings. The highest BCUT2D eigenvalue weighted by molar-refractivity contribution is 5.88. The number of hydrogen-bond donors (Lipinski definition) is 3. The summed E-state index contributed by atoms with van der Waals surface area (Å²) in [6, 6.07) is 9.45. The minimum atomic E-state index is -0.0816. The number of anilines is 4. The highest BCUT2D eigenvalue weighted by Crippen LogP contribution is 2.21. The van der Waals surface area contributed by atoms with Crippen LogP contribution in [0, 0.1) is 6.92 Å². The lowest BCUT2D eigenvalue weighted by molar-refractivity contribution is -0.114. The Labute approximate surface area is 160 Å². The summed E-state index contributed by atoms with van der Waals surface area (Å²) in [6.07, 6.45) is 8.53. The molecule has 1 heterocycles. The molecule has 3 N–H and O–H groups in total. The van der Waals surface area contributed by atoms with Gasteiger partial charge in [0.05, 0.1) is 0 Å². The third-order valence-corrected chi connectivity index (χ3v) is 4.45. The predicted octanol–water partition coefficient (Wildman–Crippen LogP) is 4.79. The van der Waals surface area contributed by atoms with Gasteiger partial charge in [0.25, 0.3) is 0 Å². The molecule has 1 aliphatic carbocycles. The molecule has 0 saturated heterocycles. The Kier molecular flexibility index (Phi) is 6.41. The Balaban J connectivity index is 1.59. The minimum absolute atomic E-state index is 0.0816. The van der Waals surface area contributed by atoms with Gasteiger partial charge < -0.3 is 16.0 Å². The number of nitrogens with one attached hydrogen (secondary N) is 3. The first-order chi connectivity index (χ1) is 13.1. The van der Waals surface area contributed by atoms with Crippen LogP contribution in [0.1, 0.15) is 44.9 Å². The fourth-order valence-electron chi connectivity index (χ4n) is 3.19. The van der Waals surface area contributed by atoms with Crippen LogP contribution < -0.4 is 16.0 Å². The number of rotatable bonds is 7. The maximum Gasteiger partial charge on any atom is 0.221 e. The number of hydrogen-bond acceptors (Lipinski definition) is 5. The molecule has 1 aromatic carbocycles. The first-order valence-electron chi connectivity index (χ1n) is 9.50. The average molecular weight is 365 g/mol. The van der Waals surface area contributed by atoms with E-state index in [1.807, 2.05) is 37.3 Å².